The first-order valence-corrected chi connectivity index (χ1v) is 9.12. The van der Waals surface area contributed by atoms with Gasteiger partial charge in [0.1, 0.15) is 5.82 Å². The predicted molar refractivity (Wildman–Crippen MR) is 98.6 cm³/mol. The predicted octanol–water partition coefficient (Wildman–Crippen LogP) is 2.47. The Morgan fingerprint density at radius 3 is 2.58 bits per heavy atom. The van der Waals surface area contributed by atoms with Gasteiger partial charge in [-0.05, 0) is 23.6 Å². The van der Waals surface area contributed by atoms with Crippen LogP contribution in [-0.4, -0.2) is 59.3 Å². The van der Waals surface area contributed by atoms with Gasteiger partial charge in [0, 0.05) is 38.1 Å². The van der Waals surface area contributed by atoms with Crippen LogP contribution >= 0.6 is 11.3 Å². The van der Waals surface area contributed by atoms with E-state index in [4.69, 9.17) is 15.1 Å². The zero-order valence-electron chi connectivity index (χ0n) is 13.4. The number of β-amino-alcohol motifs (C(OH)–C–C–N with tert-alkyl or cyclic N) is 1. The van der Waals surface area contributed by atoms with Crippen LogP contribution in [0.3, 0.4) is 0 Å². The number of rotatable bonds is 4. The number of hydrogen-bond donors (Lipinski definition) is 1. The smallest absolute Gasteiger partial charge is 0.172 e. The van der Waals surface area contributed by atoms with Gasteiger partial charge in [0.2, 0.25) is 0 Å². The van der Waals surface area contributed by atoms with Crippen LogP contribution < -0.4 is 4.90 Å². The third-order valence-corrected chi connectivity index (χ3v) is 5.28. The van der Waals surface area contributed by atoms with Crippen molar-refractivity contribution < 1.29 is 5.11 Å². The van der Waals surface area contributed by atoms with E-state index in [1.807, 2.05) is 18.2 Å². The highest BCUT2D eigenvalue weighted by Gasteiger charge is 2.20. The van der Waals surface area contributed by atoms with E-state index in [2.05, 4.69) is 33.4 Å². The summed E-state index contributed by atoms with van der Waals surface area (Å²) < 4.78 is 0. The number of aliphatic hydroxyl groups is 1. The number of nitrogens with zero attached hydrogens (tertiary/aromatic N) is 4. The second-order valence-corrected chi connectivity index (χ2v) is 6.87. The summed E-state index contributed by atoms with van der Waals surface area (Å²) in [5.74, 6) is 1.82. The molecule has 1 N–H and O–H groups in total. The summed E-state index contributed by atoms with van der Waals surface area (Å²) in [5, 5.41) is 12.3. The Hall–Kier alpha value is -2.02. The van der Waals surface area contributed by atoms with Crippen LogP contribution in [-0.2, 0) is 0 Å². The Bertz CT molecular complexity index is 813. The highest BCUT2D eigenvalue weighted by molar-refractivity contribution is 7.13. The fourth-order valence-electron chi connectivity index (χ4n) is 3.14. The minimum absolute atomic E-state index is 0.221. The minimum Gasteiger partial charge on any atom is -0.395 e. The Morgan fingerprint density at radius 2 is 1.83 bits per heavy atom. The molecule has 3 aromatic rings. The molecule has 1 fully saturated rings. The van der Waals surface area contributed by atoms with Crippen molar-refractivity contribution in [2.45, 2.75) is 0 Å². The van der Waals surface area contributed by atoms with E-state index >= 15 is 0 Å². The van der Waals surface area contributed by atoms with Gasteiger partial charge in [0.25, 0.3) is 0 Å². The summed E-state index contributed by atoms with van der Waals surface area (Å²) in [6.45, 7) is 4.72. The van der Waals surface area contributed by atoms with Gasteiger partial charge < -0.3 is 10.0 Å². The summed E-state index contributed by atoms with van der Waals surface area (Å²) in [5.41, 5.74) is 0.990. The second-order valence-electron chi connectivity index (χ2n) is 5.92. The minimum atomic E-state index is 0.221. The number of anilines is 1. The summed E-state index contributed by atoms with van der Waals surface area (Å²) in [7, 11) is 0. The SMILES string of the molecule is OCCN1CCN(c2nc(-c3cccs3)nc3ccccc23)CC1. The van der Waals surface area contributed by atoms with Gasteiger partial charge in [-0.25, -0.2) is 9.97 Å². The molecule has 6 heteroatoms. The monoisotopic (exact) mass is 340 g/mol. The third kappa shape index (κ3) is 3.00. The number of hydrogen-bond acceptors (Lipinski definition) is 6. The Balaban J connectivity index is 1.71. The maximum atomic E-state index is 9.11. The van der Waals surface area contributed by atoms with Gasteiger partial charge in [-0.1, -0.05) is 18.2 Å². The van der Waals surface area contributed by atoms with E-state index in [1.54, 1.807) is 11.3 Å². The number of para-hydroxylation sites is 1. The second kappa shape index (κ2) is 6.84. The van der Waals surface area contributed by atoms with E-state index in [1.165, 1.54) is 0 Å². The molecular formula is C18H20N4OS. The van der Waals surface area contributed by atoms with E-state index in [0.717, 1.165) is 60.1 Å². The summed E-state index contributed by atoms with van der Waals surface area (Å²) in [6.07, 6.45) is 0. The first-order valence-electron chi connectivity index (χ1n) is 8.24. The molecule has 1 aromatic carbocycles. The summed E-state index contributed by atoms with van der Waals surface area (Å²) in [6, 6.07) is 12.3. The van der Waals surface area contributed by atoms with E-state index in [-0.39, 0.29) is 6.61 Å². The average molecular weight is 340 g/mol. The van der Waals surface area contributed by atoms with Gasteiger partial charge in [0.05, 0.1) is 17.0 Å². The molecule has 1 aliphatic heterocycles. The highest BCUT2D eigenvalue weighted by Crippen LogP contribution is 2.29. The molecule has 5 nitrogen and oxygen atoms in total. The van der Waals surface area contributed by atoms with Crippen LogP contribution in [0.4, 0.5) is 5.82 Å². The van der Waals surface area contributed by atoms with Crippen LogP contribution in [0.5, 0.6) is 0 Å². The number of aliphatic hydroxyl groups excluding tert-OH is 1. The van der Waals surface area contributed by atoms with Crippen LogP contribution in [0.1, 0.15) is 0 Å². The van der Waals surface area contributed by atoms with Gasteiger partial charge in [-0.3, -0.25) is 4.90 Å². The molecule has 4 rings (SSSR count). The van der Waals surface area contributed by atoms with Crippen molar-refractivity contribution in [3.63, 3.8) is 0 Å². The number of fused-ring (bicyclic) bond motifs is 1. The highest BCUT2D eigenvalue weighted by atomic mass is 32.1. The van der Waals surface area contributed by atoms with Crippen molar-refractivity contribution in [1.82, 2.24) is 14.9 Å². The molecule has 0 radical (unpaired) electrons. The van der Waals surface area contributed by atoms with Crippen LogP contribution in [0.2, 0.25) is 0 Å². The molecule has 124 valence electrons. The lowest BCUT2D eigenvalue weighted by atomic mass is 10.2. The van der Waals surface area contributed by atoms with Gasteiger partial charge >= 0.3 is 0 Å². The molecule has 0 spiro atoms. The van der Waals surface area contributed by atoms with Crippen molar-refractivity contribution in [3.8, 4) is 10.7 Å². The molecule has 0 amide bonds. The van der Waals surface area contributed by atoms with Crippen molar-refractivity contribution >= 4 is 28.1 Å². The standard InChI is InChI=1S/C18H20N4OS/c23-12-11-21-7-9-22(10-8-21)18-14-4-1-2-5-15(14)19-17(20-18)16-6-3-13-24-16/h1-6,13,23H,7-12H2. The first-order chi connectivity index (χ1) is 11.8. The van der Waals surface area contributed by atoms with Crippen LogP contribution in [0.15, 0.2) is 41.8 Å². The molecule has 1 saturated heterocycles. The normalized spacial score (nSPS) is 16.0. The largest absolute Gasteiger partial charge is 0.395 e. The maximum absolute atomic E-state index is 9.11. The van der Waals surface area contributed by atoms with Gasteiger partial charge in [-0.2, -0.15) is 0 Å². The molecule has 0 bridgehead atoms. The lowest BCUT2D eigenvalue weighted by Gasteiger charge is -2.35. The van der Waals surface area contributed by atoms with E-state index in [9.17, 15) is 0 Å². The number of benzene rings is 1. The van der Waals surface area contributed by atoms with Crippen molar-refractivity contribution in [1.29, 1.82) is 0 Å². The molecule has 0 aliphatic carbocycles. The third-order valence-electron chi connectivity index (χ3n) is 4.41. The van der Waals surface area contributed by atoms with Gasteiger partial charge in [0.15, 0.2) is 5.82 Å². The number of thiophene rings is 1. The summed E-state index contributed by atoms with van der Waals surface area (Å²) >= 11 is 1.67. The molecule has 0 atom stereocenters. The lowest BCUT2D eigenvalue weighted by molar-refractivity contribution is 0.188. The van der Waals surface area contributed by atoms with Crippen LogP contribution in [0.25, 0.3) is 21.6 Å². The zero-order valence-corrected chi connectivity index (χ0v) is 14.2. The Labute approximate surface area is 145 Å². The van der Waals surface area contributed by atoms with E-state index in [0.29, 0.717) is 0 Å². The molecule has 3 heterocycles. The molecule has 0 unspecified atom stereocenters. The average Bonchev–Trinajstić information content (AvgIpc) is 3.16. The topological polar surface area (TPSA) is 52.5 Å². The Morgan fingerprint density at radius 1 is 1.00 bits per heavy atom. The fraction of sp³-hybridized carbons (Fsp3) is 0.333. The molecular weight excluding hydrogens is 320 g/mol. The van der Waals surface area contributed by atoms with Crippen molar-refractivity contribution in [2.24, 2.45) is 0 Å². The molecule has 1 aliphatic rings. The molecule has 2 aromatic heterocycles. The zero-order chi connectivity index (χ0) is 16.4. The van der Waals surface area contributed by atoms with Crippen LogP contribution in [0, 0.1) is 0 Å². The maximum Gasteiger partial charge on any atom is 0.172 e. The molecule has 0 saturated carbocycles. The lowest BCUT2D eigenvalue weighted by Crippen LogP contribution is -2.47. The van der Waals surface area contributed by atoms with E-state index < -0.39 is 0 Å². The summed E-state index contributed by atoms with van der Waals surface area (Å²) in [4.78, 5) is 15.4. The van der Waals surface area contributed by atoms with Gasteiger partial charge in [-0.15, -0.1) is 11.3 Å². The number of piperazine rings is 1. The molecule has 24 heavy (non-hydrogen) atoms. The number of aromatic nitrogens is 2. The van der Waals surface area contributed by atoms with Crippen molar-refractivity contribution in [3.05, 3.63) is 41.8 Å². The van der Waals surface area contributed by atoms with Crippen molar-refractivity contribution in [2.75, 3.05) is 44.2 Å². The fourth-order valence-corrected chi connectivity index (χ4v) is 3.80. The quantitative estimate of drug-likeness (QED) is 0.791. The Kier molecular flexibility index (Phi) is 4.42. The first kappa shape index (κ1) is 15.5.